The molecule has 106 valence electrons. The Balaban J connectivity index is 2.36. The second kappa shape index (κ2) is 4.93. The molecule has 0 atom stereocenters. The smallest absolute Gasteiger partial charge is 0.335 e. The molecular formula is C11H10FN3O4S. The average molecular weight is 299 g/mol. The Bertz CT molecular complexity index is 770. The molecule has 0 amide bonds. The molecular weight excluding hydrogens is 289 g/mol. The van der Waals surface area contributed by atoms with Crippen molar-refractivity contribution in [2.75, 3.05) is 4.72 Å². The predicted molar refractivity (Wildman–Crippen MR) is 67.4 cm³/mol. The van der Waals surface area contributed by atoms with Gasteiger partial charge in [0.25, 0.3) is 10.0 Å². The number of aromatic nitrogens is 2. The third-order valence-electron chi connectivity index (χ3n) is 2.51. The van der Waals surface area contributed by atoms with E-state index in [2.05, 4.69) is 5.10 Å². The highest BCUT2D eigenvalue weighted by atomic mass is 32.2. The number of aryl methyl sites for hydroxylation is 1. The summed E-state index contributed by atoms with van der Waals surface area (Å²) in [6, 6.07) is 4.15. The lowest BCUT2D eigenvalue weighted by Crippen LogP contribution is -2.17. The van der Waals surface area contributed by atoms with Gasteiger partial charge in [0.1, 0.15) is 5.82 Å². The van der Waals surface area contributed by atoms with Crippen LogP contribution in [0.4, 0.5) is 10.1 Å². The van der Waals surface area contributed by atoms with Gasteiger partial charge in [-0.3, -0.25) is 9.40 Å². The molecule has 0 unspecified atom stereocenters. The summed E-state index contributed by atoms with van der Waals surface area (Å²) in [6.07, 6.45) is 1.29. The molecule has 7 nitrogen and oxygen atoms in total. The van der Waals surface area contributed by atoms with Gasteiger partial charge in [0.2, 0.25) is 0 Å². The van der Waals surface area contributed by atoms with Gasteiger partial charge >= 0.3 is 5.97 Å². The third kappa shape index (κ3) is 2.62. The maximum absolute atomic E-state index is 13.7. The molecule has 2 rings (SSSR count). The van der Waals surface area contributed by atoms with Gasteiger partial charge in [-0.15, -0.1) is 0 Å². The number of rotatable bonds is 4. The highest BCUT2D eigenvalue weighted by molar-refractivity contribution is 7.92. The van der Waals surface area contributed by atoms with Crippen LogP contribution in [0.1, 0.15) is 10.4 Å². The van der Waals surface area contributed by atoms with Gasteiger partial charge in [0, 0.05) is 7.05 Å². The monoisotopic (exact) mass is 299 g/mol. The summed E-state index contributed by atoms with van der Waals surface area (Å²) in [5.74, 6) is -2.28. The first-order chi connectivity index (χ1) is 9.31. The van der Waals surface area contributed by atoms with Crippen molar-refractivity contribution >= 4 is 21.7 Å². The Hall–Kier alpha value is -2.42. The summed E-state index contributed by atoms with van der Waals surface area (Å²) in [5, 5.41) is 12.3. The number of sulfonamides is 1. The van der Waals surface area contributed by atoms with Crippen LogP contribution < -0.4 is 4.72 Å². The number of nitrogens with zero attached hydrogens (tertiary/aromatic N) is 2. The Morgan fingerprint density at radius 1 is 1.40 bits per heavy atom. The molecule has 0 aliphatic heterocycles. The van der Waals surface area contributed by atoms with E-state index in [-0.39, 0.29) is 16.3 Å². The standard InChI is InChI=1S/C11H10FN3O4S/c1-15-10(4-5-13-15)20(18,19)14-9-3-2-7(11(16)17)6-8(9)12/h2-6,14H,1H3,(H,16,17). The normalized spacial score (nSPS) is 11.3. The van der Waals surface area contributed by atoms with Crippen molar-refractivity contribution in [1.29, 1.82) is 0 Å². The lowest BCUT2D eigenvalue weighted by molar-refractivity contribution is 0.0696. The molecule has 1 aromatic carbocycles. The Labute approximate surface area is 113 Å². The van der Waals surface area contributed by atoms with Crippen LogP contribution in [0.2, 0.25) is 0 Å². The quantitative estimate of drug-likeness (QED) is 0.879. The Morgan fingerprint density at radius 2 is 2.10 bits per heavy atom. The SMILES string of the molecule is Cn1nccc1S(=O)(=O)Nc1ccc(C(=O)O)cc1F. The molecule has 1 aromatic heterocycles. The number of hydrogen-bond donors (Lipinski definition) is 2. The number of nitrogens with one attached hydrogen (secondary N) is 1. The van der Waals surface area contributed by atoms with Crippen LogP contribution in [0.3, 0.4) is 0 Å². The summed E-state index contributed by atoms with van der Waals surface area (Å²) in [6.45, 7) is 0. The number of halogens is 1. The molecule has 0 saturated heterocycles. The number of carboxylic acids is 1. The number of anilines is 1. The minimum absolute atomic E-state index is 0.140. The third-order valence-corrected chi connectivity index (χ3v) is 3.95. The van der Waals surface area contributed by atoms with Gasteiger partial charge in [-0.1, -0.05) is 0 Å². The highest BCUT2D eigenvalue weighted by Gasteiger charge is 2.20. The fourth-order valence-corrected chi connectivity index (χ4v) is 2.75. The van der Waals surface area contributed by atoms with Gasteiger partial charge in [-0.05, 0) is 24.3 Å². The molecule has 0 fully saturated rings. The predicted octanol–water partition coefficient (Wildman–Crippen LogP) is 1.06. The molecule has 1 heterocycles. The number of hydrogen-bond acceptors (Lipinski definition) is 4. The topological polar surface area (TPSA) is 101 Å². The number of carboxylic acid groups (broad SMARTS) is 1. The number of benzene rings is 1. The molecule has 20 heavy (non-hydrogen) atoms. The Kier molecular flexibility index (Phi) is 3.45. The van der Waals surface area contributed by atoms with Gasteiger partial charge in [-0.25, -0.2) is 9.18 Å². The second-order valence-electron chi connectivity index (χ2n) is 3.90. The fourth-order valence-electron chi connectivity index (χ4n) is 1.55. The summed E-state index contributed by atoms with van der Waals surface area (Å²) in [5.41, 5.74) is -0.609. The first-order valence-electron chi connectivity index (χ1n) is 5.35. The molecule has 0 spiro atoms. The van der Waals surface area contributed by atoms with Gasteiger partial charge < -0.3 is 5.11 Å². The summed E-state index contributed by atoms with van der Waals surface area (Å²) < 4.78 is 40.8. The van der Waals surface area contributed by atoms with Crippen LogP contribution in [0.25, 0.3) is 0 Å². The van der Waals surface area contributed by atoms with E-state index in [1.807, 2.05) is 4.72 Å². The zero-order valence-electron chi connectivity index (χ0n) is 10.2. The van der Waals surface area contributed by atoms with Gasteiger partial charge in [0.05, 0.1) is 17.4 Å². The van der Waals surface area contributed by atoms with Crippen LogP contribution >= 0.6 is 0 Å². The van der Waals surface area contributed by atoms with E-state index in [1.54, 1.807) is 0 Å². The minimum atomic E-state index is -3.99. The molecule has 0 radical (unpaired) electrons. The molecule has 0 aliphatic rings. The molecule has 0 aliphatic carbocycles. The largest absolute Gasteiger partial charge is 0.478 e. The van der Waals surface area contributed by atoms with Crippen molar-refractivity contribution in [2.24, 2.45) is 7.05 Å². The van der Waals surface area contributed by atoms with Crippen LogP contribution in [-0.2, 0) is 17.1 Å². The van der Waals surface area contributed by atoms with Crippen molar-refractivity contribution in [3.05, 3.63) is 41.8 Å². The zero-order valence-corrected chi connectivity index (χ0v) is 11.1. The molecule has 9 heteroatoms. The molecule has 0 saturated carbocycles. The first-order valence-corrected chi connectivity index (χ1v) is 6.83. The van der Waals surface area contributed by atoms with E-state index in [1.165, 1.54) is 19.3 Å². The number of aromatic carboxylic acids is 1. The van der Waals surface area contributed by atoms with Crippen LogP contribution in [0, 0.1) is 5.82 Å². The van der Waals surface area contributed by atoms with E-state index in [0.29, 0.717) is 0 Å². The zero-order chi connectivity index (χ0) is 14.9. The summed E-state index contributed by atoms with van der Waals surface area (Å²) >= 11 is 0. The summed E-state index contributed by atoms with van der Waals surface area (Å²) in [4.78, 5) is 10.7. The molecule has 0 bridgehead atoms. The molecule has 2 N–H and O–H groups in total. The van der Waals surface area contributed by atoms with Crippen molar-refractivity contribution in [3.63, 3.8) is 0 Å². The van der Waals surface area contributed by atoms with E-state index in [9.17, 15) is 17.6 Å². The number of carbonyl (C=O) groups is 1. The van der Waals surface area contributed by atoms with E-state index in [4.69, 9.17) is 5.11 Å². The van der Waals surface area contributed by atoms with Crippen molar-refractivity contribution in [2.45, 2.75) is 5.03 Å². The Morgan fingerprint density at radius 3 is 2.60 bits per heavy atom. The van der Waals surface area contributed by atoms with Crippen molar-refractivity contribution < 1.29 is 22.7 Å². The second-order valence-corrected chi connectivity index (χ2v) is 5.53. The van der Waals surface area contributed by atoms with Gasteiger partial charge in [0.15, 0.2) is 5.03 Å². The van der Waals surface area contributed by atoms with E-state index >= 15 is 0 Å². The first kappa shape index (κ1) is 14.0. The minimum Gasteiger partial charge on any atom is -0.478 e. The van der Waals surface area contributed by atoms with Crippen LogP contribution in [0.15, 0.2) is 35.5 Å². The van der Waals surface area contributed by atoms with Gasteiger partial charge in [-0.2, -0.15) is 13.5 Å². The van der Waals surface area contributed by atoms with Crippen molar-refractivity contribution in [1.82, 2.24) is 9.78 Å². The lowest BCUT2D eigenvalue weighted by Gasteiger charge is -2.09. The van der Waals surface area contributed by atoms with E-state index in [0.717, 1.165) is 22.9 Å². The van der Waals surface area contributed by atoms with Crippen molar-refractivity contribution in [3.8, 4) is 0 Å². The summed E-state index contributed by atoms with van der Waals surface area (Å²) in [7, 11) is -2.56. The van der Waals surface area contributed by atoms with Crippen LogP contribution in [-0.4, -0.2) is 29.3 Å². The van der Waals surface area contributed by atoms with Crippen LogP contribution in [0.5, 0.6) is 0 Å². The van der Waals surface area contributed by atoms with E-state index < -0.39 is 21.8 Å². The lowest BCUT2D eigenvalue weighted by atomic mass is 10.2. The molecule has 2 aromatic rings. The maximum Gasteiger partial charge on any atom is 0.335 e. The maximum atomic E-state index is 13.7. The fraction of sp³-hybridized carbons (Fsp3) is 0.0909. The highest BCUT2D eigenvalue weighted by Crippen LogP contribution is 2.20. The average Bonchev–Trinajstić information content (AvgIpc) is 2.78.